The van der Waals surface area contributed by atoms with Crippen LogP contribution in [0.5, 0.6) is 0 Å². The lowest BCUT2D eigenvalue weighted by atomic mass is 10.1. The van der Waals surface area contributed by atoms with Crippen LogP contribution in [0.3, 0.4) is 0 Å². The maximum atomic E-state index is 10.4. The summed E-state index contributed by atoms with van der Waals surface area (Å²) in [7, 11) is 2.24. The highest BCUT2D eigenvalue weighted by Crippen LogP contribution is 2.16. The Balaban J connectivity index is 4.29. The number of hydrogen-bond acceptors (Lipinski definition) is 2. The summed E-state index contributed by atoms with van der Waals surface area (Å²) in [6.45, 7) is 9.29. The zero-order valence-corrected chi connectivity index (χ0v) is 18.5. The van der Waals surface area contributed by atoms with Gasteiger partial charge in [-0.25, -0.2) is 0 Å². The molecule has 158 valence electrons. The molecule has 0 aliphatic rings. The Morgan fingerprint density at radius 3 is 1.38 bits per heavy atom. The lowest BCUT2D eigenvalue weighted by molar-refractivity contribution is -0.915. The van der Waals surface area contributed by atoms with Gasteiger partial charge in [0.05, 0.1) is 13.6 Å². The Morgan fingerprint density at radius 2 is 0.962 bits per heavy atom. The third kappa shape index (κ3) is 15.0. The van der Waals surface area contributed by atoms with E-state index in [-0.39, 0.29) is 12.2 Å². The molecule has 0 aliphatic carbocycles. The molecular formula is C23H50NO2+. The van der Waals surface area contributed by atoms with Crippen molar-refractivity contribution >= 4 is 0 Å². The number of quaternary nitrogens is 1. The minimum Gasteiger partial charge on any atom is -0.387 e. The molecule has 0 bridgehead atoms. The Labute approximate surface area is 164 Å². The Kier molecular flexibility index (Phi) is 16.9. The van der Waals surface area contributed by atoms with Gasteiger partial charge in [0.25, 0.3) is 0 Å². The second-order valence-corrected chi connectivity index (χ2v) is 8.78. The molecule has 0 saturated carbocycles. The molecule has 0 fully saturated rings. The fourth-order valence-corrected chi connectivity index (χ4v) is 3.96. The van der Waals surface area contributed by atoms with Crippen molar-refractivity contribution in [3.63, 3.8) is 0 Å². The van der Waals surface area contributed by atoms with Crippen molar-refractivity contribution in [2.45, 2.75) is 123 Å². The maximum Gasteiger partial charge on any atom is 0.105 e. The van der Waals surface area contributed by atoms with Crippen molar-refractivity contribution in [2.75, 3.05) is 26.7 Å². The van der Waals surface area contributed by atoms with Crippen LogP contribution < -0.4 is 0 Å². The third-order valence-electron chi connectivity index (χ3n) is 5.64. The second kappa shape index (κ2) is 17.0. The summed E-state index contributed by atoms with van der Waals surface area (Å²) in [6, 6.07) is 0. The van der Waals surface area contributed by atoms with E-state index in [1.807, 2.05) is 0 Å². The van der Waals surface area contributed by atoms with E-state index in [0.29, 0.717) is 0 Å². The van der Waals surface area contributed by atoms with E-state index in [2.05, 4.69) is 27.8 Å². The van der Waals surface area contributed by atoms with E-state index >= 15 is 0 Å². The number of unbranched alkanes of at least 4 members (excludes halogenated alkanes) is 9. The van der Waals surface area contributed by atoms with Gasteiger partial charge in [-0.15, -0.1) is 0 Å². The number of aliphatic hydroxyl groups is 2. The molecule has 0 aromatic carbocycles. The van der Waals surface area contributed by atoms with Crippen LogP contribution in [0.2, 0.25) is 0 Å². The molecule has 2 atom stereocenters. The van der Waals surface area contributed by atoms with Gasteiger partial charge in [0.15, 0.2) is 0 Å². The number of likely N-dealkylation sites (N-methyl/N-ethyl adjacent to an activating group) is 1. The van der Waals surface area contributed by atoms with Crippen molar-refractivity contribution in [2.24, 2.45) is 0 Å². The standard InChI is InChI=1S/C23H50NO2/c1-5-8-11-12-13-14-15-16-19-24(4,20-22(25)17-9-6-2)21-23(26)18-10-7-3/h22-23,25-26H,5-21H2,1-4H3/q+1. The third-order valence-corrected chi connectivity index (χ3v) is 5.64. The average Bonchev–Trinajstić information content (AvgIpc) is 2.60. The summed E-state index contributed by atoms with van der Waals surface area (Å²) < 4.78 is 0.825. The normalized spacial score (nSPS) is 16.4. The van der Waals surface area contributed by atoms with Crippen LogP contribution >= 0.6 is 0 Å². The van der Waals surface area contributed by atoms with Crippen LogP contribution in [0, 0.1) is 0 Å². The summed E-state index contributed by atoms with van der Waals surface area (Å²) in [6.07, 6.45) is 16.5. The van der Waals surface area contributed by atoms with E-state index < -0.39 is 0 Å². The first-order valence-corrected chi connectivity index (χ1v) is 11.7. The molecule has 0 heterocycles. The van der Waals surface area contributed by atoms with Crippen molar-refractivity contribution in [1.82, 2.24) is 0 Å². The fraction of sp³-hybridized carbons (Fsp3) is 1.00. The lowest BCUT2D eigenvalue weighted by Crippen LogP contribution is -2.53. The van der Waals surface area contributed by atoms with Crippen LogP contribution in [0.4, 0.5) is 0 Å². The quantitative estimate of drug-likeness (QED) is 0.226. The zero-order chi connectivity index (χ0) is 19.7. The second-order valence-electron chi connectivity index (χ2n) is 8.78. The Bertz CT molecular complexity index is 280. The minimum atomic E-state index is -0.229. The zero-order valence-electron chi connectivity index (χ0n) is 18.5. The molecule has 2 N–H and O–H groups in total. The number of nitrogens with zero attached hydrogens (tertiary/aromatic N) is 1. The van der Waals surface area contributed by atoms with Crippen LogP contribution in [0.1, 0.15) is 111 Å². The van der Waals surface area contributed by atoms with Gasteiger partial charge < -0.3 is 14.7 Å². The van der Waals surface area contributed by atoms with Crippen molar-refractivity contribution in [3.8, 4) is 0 Å². The first-order valence-electron chi connectivity index (χ1n) is 11.7. The van der Waals surface area contributed by atoms with Gasteiger partial charge in [-0.3, -0.25) is 0 Å². The van der Waals surface area contributed by atoms with E-state index in [9.17, 15) is 10.2 Å². The monoisotopic (exact) mass is 372 g/mol. The van der Waals surface area contributed by atoms with E-state index in [4.69, 9.17) is 0 Å². The molecule has 3 heteroatoms. The summed E-state index contributed by atoms with van der Waals surface area (Å²) in [5, 5.41) is 20.9. The van der Waals surface area contributed by atoms with Gasteiger partial charge in [-0.1, -0.05) is 85.0 Å². The maximum absolute atomic E-state index is 10.4. The van der Waals surface area contributed by atoms with Crippen molar-refractivity contribution in [1.29, 1.82) is 0 Å². The van der Waals surface area contributed by atoms with Gasteiger partial charge in [0, 0.05) is 0 Å². The minimum absolute atomic E-state index is 0.229. The summed E-state index contributed by atoms with van der Waals surface area (Å²) in [4.78, 5) is 0. The Hall–Kier alpha value is -0.120. The highest BCUT2D eigenvalue weighted by atomic mass is 16.3. The summed E-state index contributed by atoms with van der Waals surface area (Å²) >= 11 is 0. The summed E-state index contributed by atoms with van der Waals surface area (Å²) in [5.41, 5.74) is 0. The van der Waals surface area contributed by atoms with Crippen molar-refractivity contribution in [3.05, 3.63) is 0 Å². The molecule has 0 aromatic heterocycles. The van der Waals surface area contributed by atoms with E-state index in [1.165, 1.54) is 51.4 Å². The van der Waals surface area contributed by atoms with Crippen LogP contribution in [-0.2, 0) is 0 Å². The lowest BCUT2D eigenvalue weighted by Gasteiger charge is -2.38. The smallest absolute Gasteiger partial charge is 0.105 e. The molecule has 0 aliphatic heterocycles. The fourth-order valence-electron chi connectivity index (χ4n) is 3.96. The number of aliphatic hydroxyl groups excluding tert-OH is 2. The highest BCUT2D eigenvalue weighted by Gasteiger charge is 2.28. The SMILES string of the molecule is CCCCCCCCCC[N+](C)(CC(O)CCCC)CC(O)CCCC. The molecule has 26 heavy (non-hydrogen) atoms. The summed E-state index contributed by atoms with van der Waals surface area (Å²) in [5.74, 6) is 0. The molecule has 0 saturated heterocycles. The molecule has 2 unspecified atom stereocenters. The van der Waals surface area contributed by atoms with Crippen LogP contribution in [0.25, 0.3) is 0 Å². The molecular weight excluding hydrogens is 322 g/mol. The van der Waals surface area contributed by atoms with Crippen molar-refractivity contribution < 1.29 is 14.7 Å². The predicted molar refractivity (Wildman–Crippen MR) is 114 cm³/mol. The van der Waals surface area contributed by atoms with Gasteiger partial charge in [0.1, 0.15) is 25.3 Å². The number of hydrogen-bond donors (Lipinski definition) is 2. The number of rotatable bonds is 19. The van der Waals surface area contributed by atoms with E-state index in [1.54, 1.807) is 0 Å². The van der Waals surface area contributed by atoms with Gasteiger partial charge in [-0.05, 0) is 25.7 Å². The van der Waals surface area contributed by atoms with Gasteiger partial charge >= 0.3 is 0 Å². The average molecular weight is 373 g/mol. The van der Waals surface area contributed by atoms with E-state index in [0.717, 1.165) is 62.6 Å². The van der Waals surface area contributed by atoms with Crippen LogP contribution in [0.15, 0.2) is 0 Å². The van der Waals surface area contributed by atoms with Gasteiger partial charge in [-0.2, -0.15) is 0 Å². The Morgan fingerprint density at radius 1 is 0.577 bits per heavy atom. The topological polar surface area (TPSA) is 40.5 Å². The largest absolute Gasteiger partial charge is 0.387 e. The molecule has 0 rings (SSSR count). The molecule has 0 aromatic rings. The first-order chi connectivity index (χ1) is 12.5. The van der Waals surface area contributed by atoms with Crippen LogP contribution in [-0.4, -0.2) is 53.6 Å². The first kappa shape index (κ1) is 25.9. The predicted octanol–water partition coefficient (Wildman–Crippen LogP) is 5.68. The molecule has 0 spiro atoms. The molecule has 3 nitrogen and oxygen atoms in total. The van der Waals surface area contributed by atoms with Gasteiger partial charge in [0.2, 0.25) is 0 Å². The highest BCUT2D eigenvalue weighted by molar-refractivity contribution is 4.60. The molecule has 0 radical (unpaired) electrons. The molecule has 0 amide bonds.